The van der Waals surface area contributed by atoms with Crippen LogP contribution in [-0.2, 0) is 6.42 Å². The Kier molecular flexibility index (Phi) is 2.83. The van der Waals surface area contributed by atoms with Gasteiger partial charge in [-0.3, -0.25) is 5.41 Å². The minimum atomic E-state index is 0.327. The topological polar surface area (TPSA) is 27.1 Å². The maximum Gasteiger partial charge on any atom is 0.0989 e. The Morgan fingerprint density at radius 2 is 2.33 bits per heavy atom. The summed E-state index contributed by atoms with van der Waals surface area (Å²) in [7, 11) is 0. The molecule has 0 fully saturated rings. The average Bonchev–Trinajstić information content (AvgIpc) is 2.66. The number of fused-ring (bicyclic) bond motifs is 1. The molecular formula is C12H18N2S. The molecular weight excluding hydrogens is 204 g/mol. The molecule has 0 bridgehead atoms. The van der Waals surface area contributed by atoms with Gasteiger partial charge in [0.15, 0.2) is 0 Å². The summed E-state index contributed by atoms with van der Waals surface area (Å²) in [5, 5.41) is 10.3. The number of amidine groups is 1. The third-order valence-electron chi connectivity index (χ3n) is 3.13. The van der Waals surface area contributed by atoms with Crippen LogP contribution in [0.5, 0.6) is 0 Å². The zero-order valence-electron chi connectivity index (χ0n) is 9.58. The van der Waals surface area contributed by atoms with Gasteiger partial charge < -0.3 is 4.90 Å². The Balaban J connectivity index is 2.23. The van der Waals surface area contributed by atoms with Gasteiger partial charge in [-0.15, -0.1) is 11.3 Å². The number of hydrogen-bond acceptors (Lipinski definition) is 2. The van der Waals surface area contributed by atoms with Gasteiger partial charge in [-0.1, -0.05) is 13.8 Å². The molecule has 82 valence electrons. The number of hydrogen-bond donors (Lipinski definition) is 1. The van der Waals surface area contributed by atoms with E-state index in [-0.39, 0.29) is 0 Å². The summed E-state index contributed by atoms with van der Waals surface area (Å²) < 4.78 is 0. The molecule has 1 atom stereocenters. The Labute approximate surface area is 95.4 Å². The highest BCUT2D eigenvalue weighted by molar-refractivity contribution is 7.10. The van der Waals surface area contributed by atoms with Gasteiger partial charge in [0.1, 0.15) is 0 Å². The Morgan fingerprint density at radius 1 is 1.60 bits per heavy atom. The Bertz CT molecular complexity index is 367. The molecule has 0 aromatic carbocycles. The van der Waals surface area contributed by atoms with Crippen molar-refractivity contribution in [2.45, 2.75) is 33.2 Å². The van der Waals surface area contributed by atoms with Gasteiger partial charge in [-0.25, -0.2) is 0 Å². The van der Waals surface area contributed by atoms with Crippen molar-refractivity contribution in [1.82, 2.24) is 4.90 Å². The van der Waals surface area contributed by atoms with Gasteiger partial charge in [-0.05, 0) is 30.4 Å². The van der Waals surface area contributed by atoms with E-state index in [2.05, 4.69) is 37.1 Å². The predicted octanol–water partition coefficient (Wildman–Crippen LogP) is 3.30. The smallest absolute Gasteiger partial charge is 0.0989 e. The maximum atomic E-state index is 8.09. The molecule has 2 rings (SSSR count). The molecule has 1 aromatic rings. The summed E-state index contributed by atoms with van der Waals surface area (Å²) in [5.74, 6) is 1.10. The zero-order valence-corrected chi connectivity index (χ0v) is 10.4. The van der Waals surface area contributed by atoms with Crippen LogP contribution in [0.4, 0.5) is 0 Å². The molecule has 0 saturated carbocycles. The van der Waals surface area contributed by atoms with Gasteiger partial charge in [0.2, 0.25) is 0 Å². The highest BCUT2D eigenvalue weighted by atomic mass is 32.1. The number of nitrogens with one attached hydrogen (secondary N) is 1. The van der Waals surface area contributed by atoms with E-state index in [1.165, 1.54) is 10.4 Å². The van der Waals surface area contributed by atoms with Gasteiger partial charge in [-0.2, -0.15) is 0 Å². The van der Waals surface area contributed by atoms with Crippen LogP contribution in [0.25, 0.3) is 0 Å². The molecule has 1 aliphatic heterocycles. The van der Waals surface area contributed by atoms with Gasteiger partial charge in [0.05, 0.1) is 11.9 Å². The third-order valence-corrected chi connectivity index (χ3v) is 4.13. The molecule has 1 N–H and O–H groups in total. The Hall–Kier alpha value is -0.830. The molecule has 1 unspecified atom stereocenters. The van der Waals surface area contributed by atoms with E-state index >= 15 is 0 Å². The molecule has 0 saturated heterocycles. The fraction of sp³-hybridized carbons (Fsp3) is 0.583. The summed E-state index contributed by atoms with van der Waals surface area (Å²) in [6.07, 6.45) is 1.10. The summed E-state index contributed by atoms with van der Waals surface area (Å²) in [6, 6.07) is 2.60. The van der Waals surface area contributed by atoms with Crippen LogP contribution in [0.2, 0.25) is 0 Å². The second kappa shape index (κ2) is 3.97. The SMILES string of the molecule is CC(C)C(=N)N1CCc2sccc2C1C. The molecule has 1 aromatic heterocycles. The van der Waals surface area contributed by atoms with Crippen molar-refractivity contribution in [3.8, 4) is 0 Å². The minimum absolute atomic E-state index is 0.327. The first-order valence-corrected chi connectivity index (χ1v) is 6.40. The molecule has 0 aliphatic carbocycles. The van der Waals surface area contributed by atoms with Gasteiger partial charge >= 0.3 is 0 Å². The average molecular weight is 222 g/mol. The second-order valence-corrected chi connectivity index (χ2v) is 5.46. The molecule has 15 heavy (non-hydrogen) atoms. The highest BCUT2D eigenvalue weighted by Crippen LogP contribution is 2.33. The first-order valence-electron chi connectivity index (χ1n) is 5.52. The standard InChI is InChI=1S/C12H18N2S/c1-8(2)12(13)14-6-4-11-10(9(14)3)5-7-15-11/h5,7-9,13H,4,6H2,1-3H3. The van der Waals surface area contributed by atoms with Crippen molar-refractivity contribution in [1.29, 1.82) is 5.41 Å². The van der Waals surface area contributed by atoms with Crippen LogP contribution < -0.4 is 0 Å². The molecule has 2 nitrogen and oxygen atoms in total. The van der Waals surface area contributed by atoms with Crippen LogP contribution in [-0.4, -0.2) is 17.3 Å². The lowest BCUT2D eigenvalue weighted by Crippen LogP contribution is -2.40. The molecule has 2 heterocycles. The number of rotatable bonds is 1. The predicted molar refractivity (Wildman–Crippen MR) is 65.7 cm³/mol. The first-order chi connectivity index (χ1) is 7.11. The van der Waals surface area contributed by atoms with E-state index in [0.717, 1.165) is 18.8 Å². The van der Waals surface area contributed by atoms with Crippen molar-refractivity contribution >= 4 is 17.2 Å². The van der Waals surface area contributed by atoms with Crippen molar-refractivity contribution < 1.29 is 0 Å². The number of thiophene rings is 1. The van der Waals surface area contributed by atoms with Crippen molar-refractivity contribution in [3.63, 3.8) is 0 Å². The lowest BCUT2D eigenvalue weighted by molar-refractivity contribution is 0.306. The fourth-order valence-electron chi connectivity index (χ4n) is 2.17. The van der Waals surface area contributed by atoms with E-state index in [1.54, 1.807) is 0 Å². The minimum Gasteiger partial charge on any atom is -0.353 e. The van der Waals surface area contributed by atoms with E-state index in [0.29, 0.717) is 12.0 Å². The van der Waals surface area contributed by atoms with E-state index in [4.69, 9.17) is 5.41 Å². The molecule has 3 heteroatoms. The monoisotopic (exact) mass is 222 g/mol. The summed E-state index contributed by atoms with van der Waals surface area (Å²) >= 11 is 1.85. The van der Waals surface area contributed by atoms with Crippen LogP contribution in [0.3, 0.4) is 0 Å². The fourth-order valence-corrected chi connectivity index (χ4v) is 3.13. The van der Waals surface area contributed by atoms with Crippen LogP contribution in [0.15, 0.2) is 11.4 Å². The van der Waals surface area contributed by atoms with E-state index in [9.17, 15) is 0 Å². The molecule has 0 radical (unpaired) electrons. The molecule has 0 amide bonds. The highest BCUT2D eigenvalue weighted by Gasteiger charge is 2.27. The van der Waals surface area contributed by atoms with Crippen molar-refractivity contribution in [2.24, 2.45) is 5.92 Å². The third kappa shape index (κ3) is 1.81. The summed E-state index contributed by atoms with van der Waals surface area (Å²) in [6.45, 7) is 7.41. The molecule has 1 aliphatic rings. The zero-order chi connectivity index (χ0) is 11.0. The second-order valence-electron chi connectivity index (χ2n) is 4.46. The first kappa shape index (κ1) is 10.7. The molecule has 0 spiro atoms. The summed E-state index contributed by atoms with van der Waals surface area (Å²) in [5.41, 5.74) is 1.43. The van der Waals surface area contributed by atoms with E-state index < -0.39 is 0 Å². The summed E-state index contributed by atoms with van der Waals surface area (Å²) in [4.78, 5) is 3.75. The quantitative estimate of drug-likeness (QED) is 0.573. The largest absolute Gasteiger partial charge is 0.353 e. The lowest BCUT2D eigenvalue weighted by Gasteiger charge is -2.36. The van der Waals surface area contributed by atoms with Crippen molar-refractivity contribution in [3.05, 3.63) is 21.9 Å². The van der Waals surface area contributed by atoms with Crippen LogP contribution in [0, 0.1) is 11.3 Å². The van der Waals surface area contributed by atoms with Crippen molar-refractivity contribution in [2.75, 3.05) is 6.54 Å². The van der Waals surface area contributed by atoms with E-state index in [1.807, 2.05) is 11.3 Å². The van der Waals surface area contributed by atoms with Crippen LogP contribution >= 0.6 is 11.3 Å². The van der Waals surface area contributed by atoms with Crippen LogP contribution in [0.1, 0.15) is 37.3 Å². The number of nitrogens with zero attached hydrogens (tertiary/aromatic N) is 1. The maximum absolute atomic E-state index is 8.09. The van der Waals surface area contributed by atoms with Gasteiger partial charge in [0, 0.05) is 17.3 Å². The lowest BCUT2D eigenvalue weighted by atomic mass is 9.99. The normalized spacial score (nSPS) is 20.5. The Morgan fingerprint density at radius 3 is 3.00 bits per heavy atom. The van der Waals surface area contributed by atoms with Gasteiger partial charge in [0.25, 0.3) is 0 Å².